The first-order valence-corrected chi connectivity index (χ1v) is 23.6. The number of fused-ring (bicyclic) bond motifs is 3. The van der Waals surface area contributed by atoms with E-state index in [-0.39, 0.29) is 61.0 Å². The van der Waals surface area contributed by atoms with Crippen LogP contribution in [-0.4, -0.2) is 113 Å². The maximum absolute atomic E-state index is 14.3. The van der Waals surface area contributed by atoms with Crippen molar-refractivity contribution in [1.82, 2.24) is 4.90 Å². The zero-order valence-electron chi connectivity index (χ0n) is 39.6. The number of hydrogen-bond acceptors (Lipinski definition) is 11. The van der Waals surface area contributed by atoms with Gasteiger partial charge in [-0.15, -0.1) is 0 Å². The number of allylic oxidation sites excluding steroid dienone is 6. The fourth-order valence-electron chi connectivity index (χ4n) is 9.95. The molecule has 0 aromatic heterocycles. The molecule has 63 heavy (non-hydrogen) atoms. The number of aliphatic hydroxyl groups is 3. The quantitative estimate of drug-likeness (QED) is 0.142. The van der Waals surface area contributed by atoms with Gasteiger partial charge in [-0.2, -0.15) is 0 Å². The summed E-state index contributed by atoms with van der Waals surface area (Å²) in [5.74, 6) is -6.46. The number of carbonyl (C=O) groups is 4. The molecule has 12 heteroatoms. The Labute approximate surface area is 377 Å². The molecule has 0 aromatic rings. The number of cyclic esters (lactones) is 1. The number of ketones is 2. The van der Waals surface area contributed by atoms with Crippen LogP contribution in [0.1, 0.15) is 132 Å². The molecule has 3 heterocycles. The van der Waals surface area contributed by atoms with Crippen molar-refractivity contribution in [3.8, 4) is 0 Å². The van der Waals surface area contributed by atoms with E-state index in [0.717, 1.165) is 30.4 Å². The second-order valence-electron chi connectivity index (χ2n) is 19.4. The Bertz CT molecular complexity index is 1690. The molecule has 1 aliphatic carbocycles. The Kier molecular flexibility index (Phi) is 20.2. The second kappa shape index (κ2) is 24.3. The number of esters is 1. The van der Waals surface area contributed by atoms with Gasteiger partial charge in [-0.05, 0) is 125 Å². The van der Waals surface area contributed by atoms with Crippen molar-refractivity contribution in [3.63, 3.8) is 0 Å². The van der Waals surface area contributed by atoms with Gasteiger partial charge in [0.25, 0.3) is 11.7 Å². The Morgan fingerprint density at radius 3 is 2.25 bits per heavy atom. The van der Waals surface area contributed by atoms with Gasteiger partial charge >= 0.3 is 5.97 Å². The van der Waals surface area contributed by atoms with E-state index in [0.29, 0.717) is 56.9 Å². The first kappa shape index (κ1) is 52.4. The molecule has 2 bridgehead atoms. The van der Waals surface area contributed by atoms with Gasteiger partial charge in [0.05, 0.1) is 18.3 Å². The minimum atomic E-state index is -2.40. The van der Waals surface area contributed by atoms with E-state index in [2.05, 4.69) is 26.5 Å². The molecule has 354 valence electrons. The number of hydrogen-bond donors (Lipinski definition) is 3. The largest absolute Gasteiger partial charge is 0.460 e. The fraction of sp³-hybridized carbons (Fsp3) is 0.725. The zero-order chi connectivity index (χ0) is 46.6. The molecule has 4 rings (SSSR count). The molecule has 3 fully saturated rings. The Morgan fingerprint density at radius 2 is 1.59 bits per heavy atom. The van der Waals surface area contributed by atoms with Crippen molar-refractivity contribution in [3.05, 3.63) is 59.8 Å². The van der Waals surface area contributed by atoms with Crippen molar-refractivity contribution in [2.45, 2.75) is 180 Å². The molecule has 12 atom stereocenters. The molecule has 12 nitrogen and oxygen atoms in total. The SMILES string of the molecule is C=C1[C@H](C)C[C@H](C)/C=C/C=C/C=C(\C)[C@@H](OC)C[C@@H]2CC[C@@H](C)[C@@](O)(O2)C(=O)C(=O)N2CCCCC2C(=O)O[C@H]([C@H](C)CC2CCC(O)CC2)CC(=O)[C@H](C)/C=C(\C)[C@@H](O)[C@H]1OC. The third-order valence-corrected chi connectivity index (χ3v) is 14.4. The Morgan fingerprint density at radius 1 is 0.889 bits per heavy atom. The van der Waals surface area contributed by atoms with Crippen LogP contribution in [0.3, 0.4) is 0 Å². The van der Waals surface area contributed by atoms with Gasteiger partial charge < -0.3 is 39.2 Å². The molecular formula is C51H79NO11. The summed E-state index contributed by atoms with van der Waals surface area (Å²) in [4.78, 5) is 58.0. The van der Waals surface area contributed by atoms with E-state index in [1.54, 1.807) is 41.1 Å². The summed E-state index contributed by atoms with van der Waals surface area (Å²) in [7, 11) is 3.14. The highest BCUT2D eigenvalue weighted by atomic mass is 16.6. The summed E-state index contributed by atoms with van der Waals surface area (Å²) < 4.78 is 24.1. The topological polar surface area (TPSA) is 169 Å². The van der Waals surface area contributed by atoms with Crippen LogP contribution in [0, 0.1) is 35.5 Å². The standard InChI is InChI=1S/C51H79NO11/c1-31-16-12-11-13-17-32(2)44(60-9)29-41-24-19-37(7)51(59,63-41)48(56)49(57)52-25-15-14-18-42(52)50(58)62-45(35(5)28-39-20-22-40(53)23-21-39)30-43(54)34(4)27-36(6)46(55)47(61-10)38(8)33(3)26-31/h11-13,16-17,27,31,33-35,37,39-42,44-47,53,55,59H,8,14-15,18-26,28-30H2,1-7,9-10H3/b13-11+,16-12+,32-17+,36-27+/t31-,33-,34-,35-,37-,39?,40?,41+,42?,44+,45+,46-,47+,51-/m1/s1. The number of rotatable bonds is 5. The highest BCUT2D eigenvalue weighted by molar-refractivity contribution is 6.39. The van der Waals surface area contributed by atoms with E-state index in [1.807, 2.05) is 38.2 Å². The van der Waals surface area contributed by atoms with E-state index in [9.17, 15) is 34.5 Å². The summed E-state index contributed by atoms with van der Waals surface area (Å²) in [5, 5.41) is 33.6. The monoisotopic (exact) mass is 882 g/mol. The van der Waals surface area contributed by atoms with Gasteiger partial charge in [0, 0.05) is 45.4 Å². The third kappa shape index (κ3) is 14.1. The fourth-order valence-corrected chi connectivity index (χ4v) is 9.95. The van der Waals surface area contributed by atoms with Crippen LogP contribution in [0.15, 0.2) is 59.8 Å². The molecule has 0 spiro atoms. The maximum atomic E-state index is 14.3. The lowest BCUT2D eigenvalue weighted by Crippen LogP contribution is -2.61. The van der Waals surface area contributed by atoms with Crippen molar-refractivity contribution >= 4 is 23.4 Å². The number of aliphatic hydroxyl groups excluding tert-OH is 2. The van der Waals surface area contributed by atoms with Crippen LogP contribution < -0.4 is 0 Å². The molecule has 1 saturated carbocycles. The first-order chi connectivity index (χ1) is 29.8. The summed E-state index contributed by atoms with van der Waals surface area (Å²) >= 11 is 0. The molecule has 3 aliphatic heterocycles. The van der Waals surface area contributed by atoms with Gasteiger partial charge in [-0.3, -0.25) is 14.4 Å². The summed E-state index contributed by atoms with van der Waals surface area (Å²) in [6.45, 7) is 17.8. The van der Waals surface area contributed by atoms with Crippen LogP contribution in [0.25, 0.3) is 0 Å². The van der Waals surface area contributed by atoms with E-state index >= 15 is 0 Å². The summed E-state index contributed by atoms with van der Waals surface area (Å²) in [6, 6.07) is -1.09. The minimum Gasteiger partial charge on any atom is -0.460 e. The van der Waals surface area contributed by atoms with Crippen LogP contribution in [-0.2, 0) is 38.1 Å². The van der Waals surface area contributed by atoms with E-state index in [4.69, 9.17) is 18.9 Å². The van der Waals surface area contributed by atoms with Crippen LogP contribution in [0.2, 0.25) is 0 Å². The molecule has 1 unspecified atom stereocenters. The summed E-state index contributed by atoms with van der Waals surface area (Å²) in [5.41, 5.74) is 2.23. The molecule has 0 aromatic carbocycles. The lowest BCUT2D eigenvalue weighted by atomic mass is 9.79. The zero-order valence-corrected chi connectivity index (χ0v) is 39.6. The Hall–Kier alpha value is -3.26. The van der Waals surface area contributed by atoms with Gasteiger partial charge in [0.15, 0.2) is 0 Å². The number of methoxy groups -OCH3 is 2. The highest BCUT2D eigenvalue weighted by Gasteiger charge is 2.53. The maximum Gasteiger partial charge on any atom is 0.329 e. The third-order valence-electron chi connectivity index (χ3n) is 14.4. The lowest BCUT2D eigenvalue weighted by molar-refractivity contribution is -0.265. The van der Waals surface area contributed by atoms with Gasteiger partial charge in [0.2, 0.25) is 5.79 Å². The smallest absolute Gasteiger partial charge is 0.329 e. The summed E-state index contributed by atoms with van der Waals surface area (Å²) in [6.07, 6.45) is 15.0. The number of amides is 1. The van der Waals surface area contributed by atoms with Crippen LogP contribution in [0.4, 0.5) is 0 Å². The number of ether oxygens (including phenoxy) is 4. The van der Waals surface area contributed by atoms with E-state index < -0.39 is 65.7 Å². The number of Topliss-reactive ketones (excluding diaryl/α,β-unsaturated/α-hetero) is 2. The average molecular weight is 882 g/mol. The molecular weight excluding hydrogens is 803 g/mol. The van der Waals surface area contributed by atoms with Crippen molar-refractivity contribution in [1.29, 1.82) is 0 Å². The predicted octanol–water partition coefficient (Wildman–Crippen LogP) is 7.54. The normalized spacial score (nSPS) is 40.1. The van der Waals surface area contributed by atoms with Crippen molar-refractivity contribution in [2.24, 2.45) is 35.5 Å². The number of nitrogens with zero attached hydrogens (tertiary/aromatic N) is 1. The molecule has 3 N–H and O–H groups in total. The predicted molar refractivity (Wildman–Crippen MR) is 243 cm³/mol. The van der Waals surface area contributed by atoms with Gasteiger partial charge in [-0.1, -0.05) is 77.7 Å². The average Bonchev–Trinajstić information content (AvgIpc) is 3.26. The van der Waals surface area contributed by atoms with Gasteiger partial charge in [-0.25, -0.2) is 4.79 Å². The second-order valence-corrected chi connectivity index (χ2v) is 19.4. The minimum absolute atomic E-state index is 0.0124. The molecule has 1 amide bonds. The molecule has 4 aliphatic rings. The Balaban J connectivity index is 1.69. The van der Waals surface area contributed by atoms with Crippen LogP contribution >= 0.6 is 0 Å². The highest BCUT2D eigenvalue weighted by Crippen LogP contribution is 2.37. The molecule has 2 saturated heterocycles. The number of carbonyl (C=O) groups excluding carboxylic acids is 4. The van der Waals surface area contributed by atoms with Crippen LogP contribution in [0.5, 0.6) is 0 Å². The van der Waals surface area contributed by atoms with Gasteiger partial charge in [0.1, 0.15) is 30.1 Å². The van der Waals surface area contributed by atoms with E-state index in [1.165, 1.54) is 4.90 Å². The van der Waals surface area contributed by atoms with Crippen molar-refractivity contribution < 1.29 is 53.4 Å². The first-order valence-electron chi connectivity index (χ1n) is 23.6. The molecule has 0 radical (unpaired) electrons. The van der Waals surface area contributed by atoms with Crippen molar-refractivity contribution in [2.75, 3.05) is 20.8 Å². The number of piperidine rings is 1. The lowest BCUT2D eigenvalue weighted by Gasteiger charge is -2.42.